The number of benzene rings is 1. The molecule has 0 bridgehead atoms. The van der Waals surface area contributed by atoms with Crippen LogP contribution in [0.4, 0.5) is 11.4 Å². The van der Waals surface area contributed by atoms with E-state index in [4.69, 9.17) is 5.26 Å². The minimum absolute atomic E-state index is 0.0514. The fraction of sp³-hybridized carbons (Fsp3) is 0.389. The van der Waals surface area contributed by atoms with Crippen molar-refractivity contribution in [2.24, 2.45) is 5.92 Å². The molecule has 1 heterocycles. The van der Waals surface area contributed by atoms with Crippen LogP contribution in [0.15, 0.2) is 23.4 Å². The number of carbonyl (C=O) groups is 1. The van der Waals surface area contributed by atoms with Crippen LogP contribution < -0.4 is 5.32 Å². The van der Waals surface area contributed by atoms with Crippen molar-refractivity contribution in [2.75, 3.05) is 11.1 Å². The van der Waals surface area contributed by atoms with Crippen molar-refractivity contribution in [3.05, 3.63) is 45.3 Å². The zero-order valence-electron chi connectivity index (χ0n) is 15.6. The summed E-state index contributed by atoms with van der Waals surface area (Å²) in [4.78, 5) is 27.0. The second kappa shape index (κ2) is 8.68. The van der Waals surface area contributed by atoms with Gasteiger partial charge in [-0.15, -0.1) is 0 Å². The Balaban J connectivity index is 2.09. The average molecular weight is 387 g/mol. The van der Waals surface area contributed by atoms with Crippen LogP contribution in [0, 0.1) is 41.2 Å². The molecule has 9 heteroatoms. The van der Waals surface area contributed by atoms with E-state index in [2.05, 4.69) is 28.7 Å². The molecule has 0 saturated carbocycles. The predicted molar refractivity (Wildman–Crippen MR) is 104 cm³/mol. The molecule has 142 valence electrons. The number of nitro benzene ring substituents is 1. The van der Waals surface area contributed by atoms with Gasteiger partial charge in [-0.2, -0.15) is 5.26 Å². The number of thioether (sulfide) groups is 1. The Morgan fingerprint density at radius 2 is 2.15 bits per heavy atom. The largest absolute Gasteiger partial charge is 0.324 e. The van der Waals surface area contributed by atoms with Gasteiger partial charge in [0.25, 0.3) is 5.69 Å². The first-order chi connectivity index (χ1) is 12.7. The van der Waals surface area contributed by atoms with Crippen LogP contribution in [-0.4, -0.2) is 26.1 Å². The second-order valence-electron chi connectivity index (χ2n) is 6.51. The van der Waals surface area contributed by atoms with E-state index >= 15 is 0 Å². The number of non-ortho nitro benzene ring substituents is 1. The summed E-state index contributed by atoms with van der Waals surface area (Å²) in [5.74, 6) is 0.263. The Bertz CT molecular complexity index is 914. The lowest BCUT2D eigenvalue weighted by molar-refractivity contribution is -0.384. The molecule has 1 N–H and O–H groups in total. The lowest BCUT2D eigenvalue weighted by atomic mass is 10.1. The van der Waals surface area contributed by atoms with Crippen molar-refractivity contribution in [1.82, 2.24) is 9.55 Å². The molecule has 0 saturated heterocycles. The van der Waals surface area contributed by atoms with Gasteiger partial charge in [0.1, 0.15) is 6.07 Å². The van der Waals surface area contributed by atoms with Gasteiger partial charge in [-0.25, -0.2) is 4.98 Å². The maximum Gasteiger partial charge on any atom is 0.270 e. The first kappa shape index (κ1) is 20.5. The van der Waals surface area contributed by atoms with E-state index in [0.29, 0.717) is 5.92 Å². The van der Waals surface area contributed by atoms with E-state index in [0.717, 1.165) is 29.2 Å². The number of nitro groups is 1. The smallest absolute Gasteiger partial charge is 0.270 e. The van der Waals surface area contributed by atoms with Crippen molar-refractivity contribution in [3.8, 4) is 6.07 Å². The molecule has 0 spiro atoms. The van der Waals surface area contributed by atoms with Crippen molar-refractivity contribution in [2.45, 2.75) is 39.4 Å². The van der Waals surface area contributed by atoms with E-state index in [1.165, 1.54) is 23.9 Å². The average Bonchev–Trinajstić information content (AvgIpc) is 2.87. The first-order valence-electron chi connectivity index (χ1n) is 8.37. The lowest BCUT2D eigenvalue weighted by Crippen LogP contribution is -2.16. The molecule has 0 fully saturated rings. The van der Waals surface area contributed by atoms with E-state index in [9.17, 15) is 14.9 Å². The molecule has 0 aliphatic carbocycles. The third-order valence-electron chi connectivity index (χ3n) is 3.91. The van der Waals surface area contributed by atoms with Gasteiger partial charge >= 0.3 is 0 Å². The molecule has 0 unspecified atom stereocenters. The molecule has 0 aliphatic heterocycles. The Hall–Kier alpha value is -2.86. The summed E-state index contributed by atoms with van der Waals surface area (Å²) in [6, 6.07) is 5.64. The number of hydrogen-bond donors (Lipinski definition) is 1. The number of aryl methyl sites for hydroxylation is 1. The highest BCUT2D eigenvalue weighted by atomic mass is 32.2. The molecular weight excluding hydrogens is 366 g/mol. The predicted octanol–water partition coefficient (Wildman–Crippen LogP) is 3.67. The molecule has 0 atom stereocenters. The van der Waals surface area contributed by atoms with Crippen molar-refractivity contribution < 1.29 is 9.72 Å². The number of rotatable bonds is 7. The van der Waals surface area contributed by atoms with Crippen molar-refractivity contribution in [1.29, 1.82) is 5.26 Å². The highest BCUT2D eigenvalue weighted by Gasteiger charge is 2.16. The molecule has 1 aromatic heterocycles. The molecule has 1 aromatic carbocycles. The SMILES string of the molecule is Cc1nc(SCC(=O)Nc2ccc([N+](=O)[O-])cc2C#N)n(CC(C)C)c1C. The van der Waals surface area contributed by atoms with Crippen LogP contribution in [0.1, 0.15) is 30.8 Å². The fourth-order valence-corrected chi connectivity index (χ4v) is 3.38. The number of nitriles is 1. The van der Waals surface area contributed by atoms with Gasteiger partial charge in [-0.3, -0.25) is 14.9 Å². The summed E-state index contributed by atoms with van der Waals surface area (Å²) < 4.78 is 2.10. The first-order valence-corrected chi connectivity index (χ1v) is 9.36. The molecule has 8 nitrogen and oxygen atoms in total. The van der Waals surface area contributed by atoms with Crippen LogP contribution in [0.25, 0.3) is 0 Å². The van der Waals surface area contributed by atoms with Gasteiger partial charge in [-0.05, 0) is 25.8 Å². The van der Waals surface area contributed by atoms with E-state index in [1.54, 1.807) is 0 Å². The highest BCUT2D eigenvalue weighted by molar-refractivity contribution is 7.99. The van der Waals surface area contributed by atoms with Gasteiger partial charge in [0, 0.05) is 24.4 Å². The summed E-state index contributed by atoms with van der Waals surface area (Å²) in [7, 11) is 0. The fourth-order valence-electron chi connectivity index (χ4n) is 2.48. The third-order valence-corrected chi connectivity index (χ3v) is 4.89. The Labute approximate surface area is 161 Å². The summed E-state index contributed by atoms with van der Waals surface area (Å²) in [6.45, 7) is 9.00. The quantitative estimate of drug-likeness (QED) is 0.440. The van der Waals surface area contributed by atoms with Crippen LogP contribution in [0.5, 0.6) is 0 Å². The maximum atomic E-state index is 12.3. The summed E-state index contributed by atoms with van der Waals surface area (Å²) in [5, 5.41) is 23.4. The third kappa shape index (κ3) is 5.08. The van der Waals surface area contributed by atoms with Gasteiger partial charge in [0.2, 0.25) is 5.91 Å². The van der Waals surface area contributed by atoms with Gasteiger partial charge in [0.05, 0.1) is 27.6 Å². The maximum absolute atomic E-state index is 12.3. The van der Waals surface area contributed by atoms with Gasteiger partial charge in [-0.1, -0.05) is 25.6 Å². The van der Waals surface area contributed by atoms with Crippen LogP contribution >= 0.6 is 11.8 Å². The molecule has 2 aromatic rings. The molecule has 27 heavy (non-hydrogen) atoms. The molecular formula is C18H21N5O3S. The summed E-state index contributed by atoms with van der Waals surface area (Å²) >= 11 is 1.32. The number of imidazole rings is 1. The van der Waals surface area contributed by atoms with Crippen LogP contribution in [-0.2, 0) is 11.3 Å². The van der Waals surface area contributed by atoms with E-state index in [-0.39, 0.29) is 28.6 Å². The standard InChI is InChI=1S/C18H21N5O3S/c1-11(2)9-22-13(4)12(3)20-18(22)27-10-17(24)21-16-6-5-15(23(25)26)7-14(16)8-19/h5-7,11H,9-10H2,1-4H3,(H,21,24). The van der Waals surface area contributed by atoms with E-state index in [1.807, 2.05) is 19.9 Å². The summed E-state index contributed by atoms with van der Waals surface area (Å²) in [6.07, 6.45) is 0. The number of amides is 1. The lowest BCUT2D eigenvalue weighted by Gasteiger charge is -2.12. The molecule has 0 radical (unpaired) electrons. The minimum Gasteiger partial charge on any atom is -0.324 e. The zero-order valence-corrected chi connectivity index (χ0v) is 16.5. The van der Waals surface area contributed by atoms with E-state index < -0.39 is 4.92 Å². The number of anilines is 1. The Kier molecular flexibility index (Phi) is 6.58. The van der Waals surface area contributed by atoms with Gasteiger partial charge < -0.3 is 9.88 Å². The molecule has 0 aliphatic rings. The summed E-state index contributed by atoms with van der Waals surface area (Å²) in [5.41, 5.74) is 2.12. The zero-order chi connectivity index (χ0) is 20.1. The van der Waals surface area contributed by atoms with Crippen LogP contribution in [0.3, 0.4) is 0 Å². The molecule has 1 amide bonds. The van der Waals surface area contributed by atoms with Crippen molar-refractivity contribution >= 4 is 29.0 Å². The number of nitrogens with one attached hydrogen (secondary N) is 1. The number of carbonyl (C=O) groups excluding carboxylic acids is 1. The minimum atomic E-state index is -0.582. The Morgan fingerprint density at radius 3 is 2.74 bits per heavy atom. The second-order valence-corrected chi connectivity index (χ2v) is 7.45. The monoisotopic (exact) mass is 387 g/mol. The number of nitrogens with zero attached hydrogens (tertiary/aromatic N) is 4. The number of hydrogen-bond acceptors (Lipinski definition) is 6. The topological polar surface area (TPSA) is 114 Å². The molecule has 2 rings (SSSR count). The Morgan fingerprint density at radius 1 is 1.44 bits per heavy atom. The van der Waals surface area contributed by atoms with Crippen molar-refractivity contribution in [3.63, 3.8) is 0 Å². The highest BCUT2D eigenvalue weighted by Crippen LogP contribution is 2.24. The van der Waals surface area contributed by atoms with Gasteiger partial charge in [0.15, 0.2) is 5.16 Å². The normalized spacial score (nSPS) is 10.7. The van der Waals surface area contributed by atoms with Crippen LogP contribution in [0.2, 0.25) is 0 Å². The number of aromatic nitrogens is 2.